The maximum atomic E-state index is 12.6. The summed E-state index contributed by atoms with van der Waals surface area (Å²) in [5.74, 6) is 0.0931. The molecule has 0 spiro atoms. The second-order valence-electron chi connectivity index (χ2n) is 6.66. The van der Waals surface area contributed by atoms with Gasteiger partial charge < -0.3 is 15.0 Å². The van der Waals surface area contributed by atoms with E-state index in [1.165, 1.54) is 11.6 Å². The van der Waals surface area contributed by atoms with Crippen LogP contribution in [-0.4, -0.2) is 47.7 Å². The molecule has 0 radical (unpaired) electrons. The first-order chi connectivity index (χ1) is 13.4. The molecule has 0 amide bonds. The Bertz CT molecular complexity index is 829. The van der Waals surface area contributed by atoms with Crippen LogP contribution in [0.4, 0.5) is 14.5 Å². The Morgan fingerprint density at radius 3 is 2.57 bits per heavy atom. The predicted molar refractivity (Wildman–Crippen MR) is 115 cm³/mol. The summed E-state index contributed by atoms with van der Waals surface area (Å²) >= 11 is 9.10. The lowest BCUT2D eigenvalue weighted by Crippen LogP contribution is -2.49. The molecule has 28 heavy (non-hydrogen) atoms. The fourth-order valence-corrected chi connectivity index (χ4v) is 3.81. The number of anilines is 1. The van der Waals surface area contributed by atoms with E-state index in [1.807, 2.05) is 25.1 Å². The highest BCUT2D eigenvalue weighted by Crippen LogP contribution is 2.28. The molecule has 0 saturated carbocycles. The summed E-state index contributed by atoms with van der Waals surface area (Å²) in [5, 5.41) is 3.59. The Morgan fingerprint density at radius 2 is 1.89 bits per heavy atom. The van der Waals surface area contributed by atoms with Gasteiger partial charge >= 0.3 is 6.61 Å². The quantitative estimate of drug-likeness (QED) is 0.630. The van der Waals surface area contributed by atoms with Crippen LogP contribution in [0.2, 0.25) is 0 Å². The van der Waals surface area contributed by atoms with Crippen LogP contribution in [0.15, 0.2) is 46.9 Å². The summed E-state index contributed by atoms with van der Waals surface area (Å²) in [4.78, 5) is 4.43. The molecule has 1 N–H and O–H groups in total. The summed E-state index contributed by atoms with van der Waals surface area (Å²) in [6, 6.07) is 13.2. The summed E-state index contributed by atoms with van der Waals surface area (Å²) in [7, 11) is 0. The Morgan fingerprint density at radius 1 is 1.18 bits per heavy atom. The molecule has 8 heteroatoms. The number of alkyl halides is 2. The SMILES string of the molecule is Cc1ccc(OC(F)F)c(NC(=S)N2CCN(Cc3ccccc3Br)CC2)c1. The van der Waals surface area contributed by atoms with Gasteiger partial charge in [-0.2, -0.15) is 8.78 Å². The van der Waals surface area contributed by atoms with Crippen LogP contribution in [0.25, 0.3) is 0 Å². The van der Waals surface area contributed by atoms with Crippen molar-refractivity contribution in [1.29, 1.82) is 0 Å². The van der Waals surface area contributed by atoms with E-state index in [4.69, 9.17) is 12.2 Å². The zero-order valence-corrected chi connectivity index (χ0v) is 17.9. The second kappa shape index (κ2) is 9.62. The van der Waals surface area contributed by atoms with Crippen molar-refractivity contribution < 1.29 is 13.5 Å². The number of ether oxygens (including phenoxy) is 1. The number of thiocarbonyl (C=S) groups is 1. The summed E-state index contributed by atoms with van der Waals surface area (Å²) in [5.41, 5.74) is 2.65. The molecule has 0 aliphatic carbocycles. The highest BCUT2D eigenvalue weighted by molar-refractivity contribution is 9.10. The van der Waals surface area contributed by atoms with E-state index in [0.717, 1.165) is 42.8 Å². The molecule has 0 unspecified atom stereocenters. The molecule has 2 aromatic carbocycles. The summed E-state index contributed by atoms with van der Waals surface area (Å²) < 4.78 is 31.0. The minimum atomic E-state index is -2.88. The van der Waals surface area contributed by atoms with Crippen LogP contribution in [0.1, 0.15) is 11.1 Å². The lowest BCUT2D eigenvalue weighted by atomic mass is 10.2. The molecule has 0 atom stereocenters. The molecule has 2 aromatic rings. The molecule has 1 aliphatic heterocycles. The van der Waals surface area contributed by atoms with E-state index >= 15 is 0 Å². The maximum absolute atomic E-state index is 12.6. The third-order valence-corrected chi connectivity index (χ3v) is 5.74. The van der Waals surface area contributed by atoms with Gasteiger partial charge in [-0.05, 0) is 48.5 Å². The molecule has 0 bridgehead atoms. The first-order valence-corrected chi connectivity index (χ1v) is 10.2. The Balaban J connectivity index is 1.57. The first-order valence-electron chi connectivity index (χ1n) is 8.99. The monoisotopic (exact) mass is 469 g/mol. The smallest absolute Gasteiger partial charge is 0.387 e. The Labute approximate surface area is 177 Å². The van der Waals surface area contributed by atoms with Crippen LogP contribution in [0.3, 0.4) is 0 Å². The van der Waals surface area contributed by atoms with Crippen molar-refractivity contribution in [2.24, 2.45) is 0 Å². The number of hydrogen-bond acceptors (Lipinski definition) is 3. The third-order valence-electron chi connectivity index (χ3n) is 4.60. The van der Waals surface area contributed by atoms with Crippen molar-refractivity contribution in [1.82, 2.24) is 9.80 Å². The van der Waals surface area contributed by atoms with Crippen molar-refractivity contribution in [3.05, 3.63) is 58.1 Å². The standard InChI is InChI=1S/C20H22BrF2N3OS/c1-14-6-7-18(27-19(22)23)17(12-14)24-20(28)26-10-8-25(9-11-26)13-15-4-2-3-5-16(15)21/h2-7,12,19H,8-11,13H2,1H3,(H,24,28). The summed E-state index contributed by atoms with van der Waals surface area (Å²) in [6.45, 7) is 3.17. The van der Waals surface area contributed by atoms with E-state index < -0.39 is 6.61 Å². The number of aryl methyl sites for hydroxylation is 1. The van der Waals surface area contributed by atoms with Gasteiger partial charge in [0.2, 0.25) is 0 Å². The number of piperazine rings is 1. The number of nitrogens with one attached hydrogen (secondary N) is 1. The van der Waals surface area contributed by atoms with Crippen LogP contribution in [-0.2, 0) is 6.54 Å². The van der Waals surface area contributed by atoms with Crippen molar-refractivity contribution in [3.8, 4) is 5.75 Å². The van der Waals surface area contributed by atoms with Crippen molar-refractivity contribution in [3.63, 3.8) is 0 Å². The van der Waals surface area contributed by atoms with Gasteiger partial charge in [0, 0.05) is 37.2 Å². The fraction of sp³-hybridized carbons (Fsp3) is 0.350. The predicted octanol–water partition coefficient (Wildman–Crippen LogP) is 4.87. The first kappa shape index (κ1) is 21.0. The van der Waals surface area contributed by atoms with E-state index in [2.05, 4.69) is 41.8 Å². The normalized spacial score (nSPS) is 15.0. The Hall–Kier alpha value is -1.77. The van der Waals surface area contributed by atoms with Crippen LogP contribution in [0.5, 0.6) is 5.75 Å². The van der Waals surface area contributed by atoms with Crippen molar-refractivity contribution >= 4 is 38.9 Å². The molecule has 4 nitrogen and oxygen atoms in total. The van der Waals surface area contributed by atoms with Gasteiger partial charge in [0.15, 0.2) is 5.11 Å². The van der Waals surface area contributed by atoms with E-state index in [0.29, 0.717) is 10.8 Å². The molecule has 1 fully saturated rings. The van der Waals surface area contributed by atoms with Gasteiger partial charge in [0.25, 0.3) is 0 Å². The zero-order valence-electron chi connectivity index (χ0n) is 15.5. The molecule has 1 aliphatic rings. The van der Waals surface area contributed by atoms with Crippen LogP contribution in [0, 0.1) is 6.92 Å². The third kappa shape index (κ3) is 5.62. The molecule has 0 aromatic heterocycles. The average molecular weight is 470 g/mol. The Kier molecular flexibility index (Phi) is 7.20. The fourth-order valence-electron chi connectivity index (χ4n) is 3.11. The largest absolute Gasteiger partial charge is 0.433 e. The van der Waals surface area contributed by atoms with Gasteiger partial charge in [-0.3, -0.25) is 4.90 Å². The second-order valence-corrected chi connectivity index (χ2v) is 7.90. The van der Waals surface area contributed by atoms with E-state index in [-0.39, 0.29) is 5.75 Å². The zero-order chi connectivity index (χ0) is 20.1. The number of halogens is 3. The minimum Gasteiger partial charge on any atom is -0.433 e. The van der Waals surface area contributed by atoms with Gasteiger partial charge in [0.05, 0.1) is 5.69 Å². The van der Waals surface area contributed by atoms with Crippen molar-refractivity contribution in [2.75, 3.05) is 31.5 Å². The van der Waals surface area contributed by atoms with Gasteiger partial charge in [-0.1, -0.05) is 40.2 Å². The topological polar surface area (TPSA) is 27.7 Å². The summed E-state index contributed by atoms with van der Waals surface area (Å²) in [6.07, 6.45) is 0. The van der Waals surface area contributed by atoms with Crippen LogP contribution >= 0.6 is 28.1 Å². The maximum Gasteiger partial charge on any atom is 0.387 e. The number of hydrogen-bond donors (Lipinski definition) is 1. The molecule has 3 rings (SSSR count). The van der Waals surface area contributed by atoms with Gasteiger partial charge in [-0.15, -0.1) is 0 Å². The van der Waals surface area contributed by atoms with Gasteiger partial charge in [0.1, 0.15) is 5.75 Å². The number of benzene rings is 2. The van der Waals surface area contributed by atoms with E-state index in [1.54, 1.807) is 12.1 Å². The number of nitrogens with zero attached hydrogens (tertiary/aromatic N) is 2. The molecule has 1 heterocycles. The number of rotatable bonds is 5. The van der Waals surface area contributed by atoms with Gasteiger partial charge in [-0.25, -0.2) is 0 Å². The van der Waals surface area contributed by atoms with Crippen molar-refractivity contribution in [2.45, 2.75) is 20.1 Å². The molecule has 1 saturated heterocycles. The lowest BCUT2D eigenvalue weighted by molar-refractivity contribution is -0.0493. The van der Waals surface area contributed by atoms with E-state index in [9.17, 15) is 8.78 Å². The molecular formula is C20H22BrF2N3OS. The highest BCUT2D eigenvalue weighted by atomic mass is 79.9. The molecule has 150 valence electrons. The lowest BCUT2D eigenvalue weighted by Gasteiger charge is -2.36. The highest BCUT2D eigenvalue weighted by Gasteiger charge is 2.20. The molecular weight excluding hydrogens is 448 g/mol. The van der Waals surface area contributed by atoms with Crippen LogP contribution < -0.4 is 10.1 Å². The minimum absolute atomic E-state index is 0.0931. The average Bonchev–Trinajstić information content (AvgIpc) is 2.66.